The maximum Gasteiger partial charge on any atom is 0.120 e. The Morgan fingerprint density at radius 2 is 2.00 bits per heavy atom. The first kappa shape index (κ1) is 17.5. The van der Waals surface area contributed by atoms with Crippen molar-refractivity contribution in [3.05, 3.63) is 87.6 Å². The van der Waals surface area contributed by atoms with E-state index in [0.29, 0.717) is 17.5 Å². The van der Waals surface area contributed by atoms with Crippen molar-refractivity contribution in [3.8, 4) is 11.8 Å². The third-order valence-electron chi connectivity index (χ3n) is 3.75. The molecule has 0 aliphatic heterocycles. The summed E-state index contributed by atoms with van der Waals surface area (Å²) in [5.41, 5.74) is 4.90. The van der Waals surface area contributed by atoms with Gasteiger partial charge in [-0.15, -0.1) is 0 Å². The van der Waals surface area contributed by atoms with Crippen molar-refractivity contribution in [3.63, 3.8) is 0 Å². The molecule has 1 heterocycles. The zero-order valence-corrected chi connectivity index (χ0v) is 15.9. The summed E-state index contributed by atoms with van der Waals surface area (Å²) >= 11 is 5.21. The lowest BCUT2D eigenvalue weighted by Gasteiger charge is -2.09. The van der Waals surface area contributed by atoms with Crippen molar-refractivity contribution >= 4 is 38.9 Å². The van der Waals surface area contributed by atoms with Gasteiger partial charge in [0.15, 0.2) is 0 Å². The van der Waals surface area contributed by atoms with Gasteiger partial charge in [-0.3, -0.25) is 0 Å². The zero-order valence-electron chi connectivity index (χ0n) is 13.5. The zero-order chi connectivity index (χ0) is 17.5. The number of hydrogen-bond acceptors (Lipinski definition) is 3. The fraction of sp³-hybridized carbons (Fsp3) is 0.0952. The average molecular weight is 410 g/mol. The van der Waals surface area contributed by atoms with E-state index in [1.54, 1.807) is 11.3 Å². The van der Waals surface area contributed by atoms with Gasteiger partial charge < -0.3 is 4.74 Å². The summed E-state index contributed by atoms with van der Waals surface area (Å²) in [7, 11) is 0. The molecule has 0 unspecified atom stereocenters. The minimum absolute atomic E-state index is 0.530. The van der Waals surface area contributed by atoms with Crippen molar-refractivity contribution < 1.29 is 4.74 Å². The Morgan fingerprint density at radius 3 is 2.68 bits per heavy atom. The Hall–Kier alpha value is -2.35. The van der Waals surface area contributed by atoms with Gasteiger partial charge in [-0.25, -0.2) is 0 Å². The summed E-state index contributed by atoms with van der Waals surface area (Å²) < 4.78 is 5.87. The van der Waals surface area contributed by atoms with Crippen LogP contribution in [0.3, 0.4) is 0 Å². The number of halogens is 1. The second-order valence-electron chi connectivity index (χ2n) is 5.45. The van der Waals surface area contributed by atoms with E-state index in [0.717, 1.165) is 28.0 Å². The summed E-state index contributed by atoms with van der Waals surface area (Å²) in [6, 6.07) is 20.0. The molecule has 0 N–H and O–H groups in total. The number of hydrogen-bond donors (Lipinski definition) is 0. The first-order valence-electron chi connectivity index (χ1n) is 7.80. The van der Waals surface area contributed by atoms with Gasteiger partial charge >= 0.3 is 0 Å². The smallest absolute Gasteiger partial charge is 0.120 e. The number of alkyl halides is 1. The lowest BCUT2D eigenvalue weighted by Crippen LogP contribution is -1.95. The van der Waals surface area contributed by atoms with E-state index in [2.05, 4.69) is 39.5 Å². The molecule has 1 aromatic heterocycles. The minimum atomic E-state index is 0.530. The molecule has 2 nitrogen and oxygen atoms in total. The van der Waals surface area contributed by atoms with E-state index in [9.17, 15) is 5.26 Å². The third-order valence-corrected chi connectivity index (χ3v) is 5.08. The van der Waals surface area contributed by atoms with Crippen LogP contribution in [0.5, 0.6) is 5.75 Å². The van der Waals surface area contributed by atoms with E-state index < -0.39 is 0 Å². The SMILES string of the molecule is N#Cc1ccc(OCc2ccsc2)cc1/C=C(/CBr)c1ccccc1. The molecule has 4 heteroatoms. The fourth-order valence-corrected chi connectivity index (χ4v) is 3.57. The Balaban J connectivity index is 1.89. The molecular weight excluding hydrogens is 394 g/mol. The van der Waals surface area contributed by atoms with E-state index in [4.69, 9.17) is 4.74 Å². The van der Waals surface area contributed by atoms with Crippen molar-refractivity contribution in [2.45, 2.75) is 6.61 Å². The van der Waals surface area contributed by atoms with Crippen molar-refractivity contribution in [2.75, 3.05) is 5.33 Å². The Kier molecular flexibility index (Phi) is 6.05. The Labute approximate surface area is 160 Å². The number of rotatable bonds is 6. The van der Waals surface area contributed by atoms with Crippen LogP contribution in [0.1, 0.15) is 22.3 Å². The van der Waals surface area contributed by atoms with E-state index in [1.807, 2.05) is 53.9 Å². The molecule has 0 aliphatic rings. The topological polar surface area (TPSA) is 33.0 Å². The van der Waals surface area contributed by atoms with Crippen LogP contribution in [0.2, 0.25) is 0 Å². The maximum atomic E-state index is 9.42. The highest BCUT2D eigenvalue weighted by Crippen LogP contribution is 2.25. The predicted octanol–water partition coefficient (Wildman–Crippen LogP) is 6.13. The van der Waals surface area contributed by atoms with Crippen LogP contribution < -0.4 is 4.74 Å². The van der Waals surface area contributed by atoms with E-state index in [1.165, 1.54) is 0 Å². The summed E-state index contributed by atoms with van der Waals surface area (Å²) in [5.74, 6) is 0.762. The molecule has 3 aromatic rings. The number of nitriles is 1. The largest absolute Gasteiger partial charge is 0.489 e. The summed E-state index contributed by atoms with van der Waals surface area (Å²) in [6.45, 7) is 0.530. The van der Waals surface area contributed by atoms with Gasteiger partial charge in [0, 0.05) is 5.33 Å². The molecule has 0 aliphatic carbocycles. The maximum absolute atomic E-state index is 9.42. The highest BCUT2D eigenvalue weighted by molar-refractivity contribution is 9.09. The molecule has 0 fully saturated rings. The molecular formula is C21H16BrNOS. The molecule has 124 valence electrons. The molecule has 2 aromatic carbocycles. The molecule has 0 spiro atoms. The quantitative estimate of drug-likeness (QED) is 0.362. The first-order valence-corrected chi connectivity index (χ1v) is 9.86. The fourth-order valence-electron chi connectivity index (χ4n) is 2.43. The number of thiophene rings is 1. The monoisotopic (exact) mass is 409 g/mol. The second kappa shape index (κ2) is 8.66. The summed E-state index contributed by atoms with van der Waals surface area (Å²) in [6.07, 6.45) is 2.04. The third kappa shape index (κ3) is 4.60. The van der Waals surface area contributed by atoms with Gasteiger partial charge in [0.2, 0.25) is 0 Å². The molecule has 0 atom stereocenters. The van der Waals surface area contributed by atoms with Gasteiger partial charge in [0.25, 0.3) is 0 Å². The van der Waals surface area contributed by atoms with Gasteiger partial charge in [0.1, 0.15) is 12.4 Å². The van der Waals surface area contributed by atoms with Crippen LogP contribution >= 0.6 is 27.3 Å². The van der Waals surface area contributed by atoms with Gasteiger partial charge in [-0.2, -0.15) is 16.6 Å². The second-order valence-corrected chi connectivity index (χ2v) is 6.79. The van der Waals surface area contributed by atoms with Gasteiger partial charge in [-0.1, -0.05) is 46.3 Å². The normalized spacial score (nSPS) is 11.1. The number of benzene rings is 2. The van der Waals surface area contributed by atoms with E-state index >= 15 is 0 Å². The van der Waals surface area contributed by atoms with Crippen molar-refractivity contribution in [1.82, 2.24) is 0 Å². The minimum Gasteiger partial charge on any atom is -0.489 e. The van der Waals surface area contributed by atoms with Crippen LogP contribution in [0.25, 0.3) is 11.6 Å². The lowest BCUT2D eigenvalue weighted by molar-refractivity contribution is 0.306. The predicted molar refractivity (Wildman–Crippen MR) is 108 cm³/mol. The van der Waals surface area contributed by atoms with Crippen LogP contribution in [0.4, 0.5) is 0 Å². The molecule has 3 rings (SSSR count). The Morgan fingerprint density at radius 1 is 1.16 bits per heavy atom. The van der Waals surface area contributed by atoms with Gasteiger partial charge in [0.05, 0.1) is 11.6 Å². The molecule has 0 saturated heterocycles. The number of allylic oxidation sites excluding steroid dienone is 1. The molecule has 0 saturated carbocycles. The standard InChI is InChI=1S/C21H16BrNOS/c22-12-20(17-4-2-1-3-5-17)10-19-11-21(7-6-18(19)13-23)24-14-16-8-9-25-15-16/h1-11,15H,12,14H2/b20-10-. The lowest BCUT2D eigenvalue weighted by atomic mass is 10.0. The number of ether oxygens (including phenoxy) is 1. The van der Waals surface area contributed by atoms with Crippen LogP contribution in [-0.4, -0.2) is 5.33 Å². The van der Waals surface area contributed by atoms with Crippen LogP contribution in [0, 0.1) is 11.3 Å². The summed E-state index contributed by atoms with van der Waals surface area (Å²) in [5, 5.41) is 14.2. The molecule has 0 bridgehead atoms. The molecule has 25 heavy (non-hydrogen) atoms. The highest BCUT2D eigenvalue weighted by Gasteiger charge is 2.06. The van der Waals surface area contributed by atoms with Crippen molar-refractivity contribution in [2.24, 2.45) is 0 Å². The van der Waals surface area contributed by atoms with Crippen LogP contribution in [0.15, 0.2) is 65.4 Å². The summed E-state index contributed by atoms with van der Waals surface area (Å²) in [4.78, 5) is 0. The van der Waals surface area contributed by atoms with Gasteiger partial charge in [-0.05, 0) is 63.4 Å². The van der Waals surface area contributed by atoms with Crippen molar-refractivity contribution in [1.29, 1.82) is 5.26 Å². The first-order chi connectivity index (χ1) is 12.3. The molecule has 0 amide bonds. The van der Waals surface area contributed by atoms with E-state index in [-0.39, 0.29) is 0 Å². The Bertz CT molecular complexity index is 895. The van der Waals surface area contributed by atoms with Crippen LogP contribution in [-0.2, 0) is 6.61 Å². The number of nitrogens with zero attached hydrogens (tertiary/aromatic N) is 1. The molecule has 0 radical (unpaired) electrons. The average Bonchev–Trinajstić information content (AvgIpc) is 3.19. The highest BCUT2D eigenvalue weighted by atomic mass is 79.9.